The quantitative estimate of drug-likeness (QED) is 0.362. The van der Waals surface area contributed by atoms with Gasteiger partial charge in [0.15, 0.2) is 0 Å². The summed E-state index contributed by atoms with van der Waals surface area (Å²) in [5, 5.41) is 11.7. The van der Waals surface area contributed by atoms with Gasteiger partial charge in [0.2, 0.25) is 5.88 Å². The van der Waals surface area contributed by atoms with E-state index in [4.69, 9.17) is 9.47 Å². The third-order valence-corrected chi connectivity index (χ3v) is 8.52. The van der Waals surface area contributed by atoms with Crippen LogP contribution < -0.4 is 44.1 Å². The Labute approximate surface area is 260 Å². The van der Waals surface area contributed by atoms with Crippen molar-refractivity contribution in [2.24, 2.45) is 11.8 Å². The topological polar surface area (TPSA) is 74.7 Å². The number of hydrogen-bond acceptors (Lipinski definition) is 6. The summed E-state index contributed by atoms with van der Waals surface area (Å²) >= 11 is 0. The number of aromatic nitrogens is 1. The molecule has 3 atom stereocenters. The van der Waals surface area contributed by atoms with E-state index in [1.54, 1.807) is 20.2 Å². The van der Waals surface area contributed by atoms with Crippen molar-refractivity contribution in [3.8, 4) is 22.8 Å². The fourth-order valence-electron chi connectivity index (χ4n) is 5.77. The summed E-state index contributed by atoms with van der Waals surface area (Å²) in [4.78, 5) is 18.3. The summed E-state index contributed by atoms with van der Waals surface area (Å²) in [7, 11) is 3.78. The third kappa shape index (κ3) is 6.73. The normalized spacial score (nSPS) is 17.9. The van der Waals surface area contributed by atoms with Gasteiger partial charge >= 0.3 is 29.6 Å². The standard InChI is InChI=1S/C33H40N2O4.Na/c1-20(2)35(4)19-27-16-25(10-12-28(27)24-14-15-34-31(18-24)38-5)29-13-11-22-6-9-26(17-30(22)39-29)32(23-7-8-23)21(3)33(36)37;/h6,9-10,12,14-18,20-21,23,29,32H,7-8,11,13,19H2,1-5H3,(H,36,37);/q;+1/p-1/t21-,29?,32-;/m0./s1. The molecule has 1 fully saturated rings. The summed E-state index contributed by atoms with van der Waals surface area (Å²) in [5.41, 5.74) is 6.87. The molecule has 6 nitrogen and oxygen atoms in total. The van der Waals surface area contributed by atoms with Gasteiger partial charge in [0.25, 0.3) is 0 Å². The summed E-state index contributed by atoms with van der Waals surface area (Å²) in [5.74, 6) is 0.363. The largest absolute Gasteiger partial charge is 1.00 e. The number of methoxy groups -OCH3 is 1. The Kier molecular flexibility index (Phi) is 9.99. The fourth-order valence-corrected chi connectivity index (χ4v) is 5.77. The molecule has 2 heterocycles. The van der Waals surface area contributed by atoms with Crippen molar-refractivity contribution in [1.82, 2.24) is 9.88 Å². The van der Waals surface area contributed by atoms with Crippen molar-refractivity contribution in [2.75, 3.05) is 14.2 Å². The van der Waals surface area contributed by atoms with Crippen molar-refractivity contribution in [3.05, 3.63) is 77.0 Å². The molecule has 40 heavy (non-hydrogen) atoms. The molecule has 2 aromatic carbocycles. The van der Waals surface area contributed by atoms with Crippen molar-refractivity contribution in [3.63, 3.8) is 0 Å². The molecule has 0 amide bonds. The summed E-state index contributed by atoms with van der Waals surface area (Å²) in [6.45, 7) is 6.99. The zero-order valence-corrected chi connectivity index (χ0v) is 26.6. The van der Waals surface area contributed by atoms with Crippen LogP contribution in [0.1, 0.15) is 74.3 Å². The zero-order valence-electron chi connectivity index (χ0n) is 24.6. The van der Waals surface area contributed by atoms with Crippen molar-refractivity contribution in [1.29, 1.82) is 0 Å². The summed E-state index contributed by atoms with van der Waals surface area (Å²) in [6, 6.07) is 17.4. The molecule has 1 aromatic heterocycles. The van der Waals surface area contributed by atoms with E-state index >= 15 is 0 Å². The van der Waals surface area contributed by atoms with E-state index < -0.39 is 11.9 Å². The number of carboxylic acids is 1. The summed E-state index contributed by atoms with van der Waals surface area (Å²) < 4.78 is 12.0. The first-order valence-electron chi connectivity index (χ1n) is 14.1. The first kappa shape index (κ1) is 30.6. The van der Waals surface area contributed by atoms with Gasteiger partial charge in [-0.3, -0.25) is 4.90 Å². The van der Waals surface area contributed by atoms with Gasteiger partial charge in [-0.2, -0.15) is 0 Å². The Hall–Kier alpha value is -2.38. The van der Waals surface area contributed by atoms with Gasteiger partial charge in [0.1, 0.15) is 11.9 Å². The van der Waals surface area contributed by atoms with Gasteiger partial charge in [-0.05, 0) is 104 Å². The Morgan fingerprint density at radius 2 is 1.88 bits per heavy atom. The molecule has 1 saturated carbocycles. The van der Waals surface area contributed by atoms with Gasteiger partial charge in [-0.25, -0.2) is 4.98 Å². The Balaban J connectivity index is 0.00000370. The molecular formula is C33H39N2NaO4. The number of rotatable bonds is 10. The minimum atomic E-state index is -0.978. The van der Waals surface area contributed by atoms with E-state index in [2.05, 4.69) is 67.2 Å². The van der Waals surface area contributed by atoms with E-state index in [1.807, 2.05) is 12.1 Å². The molecule has 206 valence electrons. The van der Waals surface area contributed by atoms with E-state index in [0.717, 1.165) is 60.2 Å². The number of pyridine rings is 1. The molecule has 0 bridgehead atoms. The number of benzene rings is 2. The molecule has 1 aliphatic heterocycles. The van der Waals surface area contributed by atoms with Gasteiger partial charge in [-0.1, -0.05) is 37.3 Å². The number of ether oxygens (including phenoxy) is 2. The molecule has 0 N–H and O–H groups in total. The van der Waals surface area contributed by atoms with Crippen LogP contribution in [0.5, 0.6) is 11.6 Å². The SMILES string of the molecule is COc1cc(-c2ccc(C3CCc4ccc([C@H](C5CC5)[C@H](C)C(=O)[O-])cc4O3)cc2CN(C)C(C)C)ccn1.[Na+]. The molecule has 1 unspecified atom stereocenters. The second-order valence-electron chi connectivity index (χ2n) is 11.5. The predicted molar refractivity (Wildman–Crippen MR) is 151 cm³/mol. The minimum Gasteiger partial charge on any atom is -0.550 e. The zero-order chi connectivity index (χ0) is 27.7. The van der Waals surface area contributed by atoms with Crippen molar-refractivity contribution < 1.29 is 48.9 Å². The van der Waals surface area contributed by atoms with Crippen LogP contribution in [0.3, 0.4) is 0 Å². The number of aryl methyl sites for hydroxylation is 1. The fraction of sp³-hybridized carbons (Fsp3) is 0.455. The van der Waals surface area contributed by atoms with Gasteiger partial charge < -0.3 is 19.4 Å². The van der Waals surface area contributed by atoms with Gasteiger partial charge in [-0.15, -0.1) is 0 Å². The van der Waals surface area contributed by atoms with Crippen LogP contribution in [0.25, 0.3) is 11.1 Å². The van der Waals surface area contributed by atoms with Crippen molar-refractivity contribution in [2.45, 2.75) is 71.1 Å². The number of carbonyl (C=O) groups excluding carboxylic acids is 1. The van der Waals surface area contributed by atoms with E-state index in [-0.39, 0.29) is 41.6 Å². The third-order valence-electron chi connectivity index (χ3n) is 8.52. The maximum atomic E-state index is 11.7. The Morgan fingerprint density at radius 1 is 1.10 bits per heavy atom. The molecular weight excluding hydrogens is 511 g/mol. The van der Waals surface area contributed by atoms with Crippen LogP contribution in [0, 0.1) is 11.8 Å². The minimum absolute atomic E-state index is 0. The van der Waals surface area contributed by atoms with Crippen LogP contribution in [-0.4, -0.2) is 36.1 Å². The summed E-state index contributed by atoms with van der Waals surface area (Å²) in [6.07, 6.45) is 5.70. The molecule has 1 aliphatic carbocycles. The molecule has 2 aliphatic rings. The first-order chi connectivity index (χ1) is 18.7. The number of hydrogen-bond donors (Lipinski definition) is 0. The molecule has 7 heteroatoms. The number of nitrogens with zero attached hydrogens (tertiary/aromatic N) is 2. The van der Waals surface area contributed by atoms with Crippen molar-refractivity contribution >= 4 is 5.97 Å². The molecule has 5 rings (SSSR count). The first-order valence-corrected chi connectivity index (χ1v) is 14.1. The van der Waals surface area contributed by atoms with Crippen LogP contribution >= 0.6 is 0 Å². The number of fused-ring (bicyclic) bond motifs is 1. The van der Waals surface area contributed by atoms with Gasteiger partial charge in [0, 0.05) is 36.7 Å². The number of carboxylic acid groups (broad SMARTS) is 1. The second kappa shape index (κ2) is 13.1. The molecule has 0 saturated heterocycles. The second-order valence-corrected chi connectivity index (χ2v) is 11.5. The van der Waals surface area contributed by atoms with E-state index in [1.165, 1.54) is 11.1 Å². The van der Waals surface area contributed by atoms with Crippen LogP contribution in [-0.2, 0) is 17.8 Å². The van der Waals surface area contributed by atoms with Gasteiger partial charge in [0.05, 0.1) is 7.11 Å². The predicted octanol–water partition coefficient (Wildman–Crippen LogP) is 2.55. The molecule has 0 radical (unpaired) electrons. The molecule has 0 spiro atoms. The average Bonchev–Trinajstić information content (AvgIpc) is 3.77. The smallest absolute Gasteiger partial charge is 0.550 e. The maximum Gasteiger partial charge on any atom is 1.00 e. The van der Waals surface area contributed by atoms with Crippen LogP contribution in [0.15, 0.2) is 54.7 Å². The van der Waals surface area contributed by atoms with E-state index in [9.17, 15) is 9.90 Å². The number of carbonyl (C=O) groups is 1. The Bertz CT molecular complexity index is 1340. The number of aliphatic carboxylic acids is 1. The van der Waals surface area contributed by atoms with E-state index in [0.29, 0.717) is 17.8 Å². The monoisotopic (exact) mass is 550 g/mol. The molecule has 3 aromatic rings. The average molecular weight is 551 g/mol. The Morgan fingerprint density at radius 3 is 2.55 bits per heavy atom. The van der Waals surface area contributed by atoms with Crippen LogP contribution in [0.4, 0.5) is 0 Å². The van der Waals surface area contributed by atoms with Crippen LogP contribution in [0.2, 0.25) is 0 Å². The maximum absolute atomic E-state index is 11.7.